The summed E-state index contributed by atoms with van der Waals surface area (Å²) < 4.78 is 20.5. The van der Waals surface area contributed by atoms with E-state index in [-0.39, 0.29) is 62.2 Å². The van der Waals surface area contributed by atoms with E-state index in [0.29, 0.717) is 72.7 Å². The van der Waals surface area contributed by atoms with Gasteiger partial charge in [-0.25, -0.2) is 4.79 Å². The molecular weight excluding hydrogens is 927 g/mol. The fraction of sp³-hybridized carbons (Fsp3) is 0.552. The second kappa shape index (κ2) is 29.0. The smallest absolute Gasteiger partial charge is 0.412 e. The molecule has 3 aliphatic rings. The van der Waals surface area contributed by atoms with Gasteiger partial charge in [0.2, 0.25) is 5.79 Å². The molecular formula is C58H77N5O10. The number of non-ortho nitro benzene ring substituents is 1. The van der Waals surface area contributed by atoms with Crippen molar-refractivity contribution < 1.29 is 43.8 Å². The Hall–Kier alpha value is -6.08. The Bertz CT molecular complexity index is 2360. The Labute approximate surface area is 431 Å². The number of nitro benzene ring substituents is 1. The van der Waals surface area contributed by atoms with E-state index >= 15 is 4.79 Å². The Balaban J connectivity index is 1.42. The summed E-state index contributed by atoms with van der Waals surface area (Å²) in [6.07, 6.45) is 20.1. The fourth-order valence-corrected chi connectivity index (χ4v) is 11.0. The Morgan fingerprint density at radius 2 is 1.60 bits per heavy atom. The quantitative estimate of drug-likeness (QED) is 0.0239. The minimum atomic E-state index is -1.52. The maximum atomic E-state index is 15.1. The van der Waals surface area contributed by atoms with Gasteiger partial charge in [0.25, 0.3) is 11.6 Å². The lowest BCUT2D eigenvalue weighted by atomic mass is 9.55. The van der Waals surface area contributed by atoms with Crippen molar-refractivity contribution in [3.63, 3.8) is 0 Å². The van der Waals surface area contributed by atoms with Crippen LogP contribution in [-0.2, 0) is 16.2 Å². The molecule has 15 heteroatoms. The number of carbonyl (C=O) groups excluding carboxylic acids is 2. The fourth-order valence-electron chi connectivity index (χ4n) is 11.0. The molecule has 2 aliphatic carbocycles. The number of unbranched alkanes of at least 4 members (excludes halogenated alkanes) is 11. The van der Waals surface area contributed by atoms with Crippen molar-refractivity contribution in [2.24, 2.45) is 22.9 Å². The lowest BCUT2D eigenvalue weighted by Crippen LogP contribution is -2.70. The van der Waals surface area contributed by atoms with Crippen LogP contribution in [0.2, 0.25) is 0 Å². The van der Waals surface area contributed by atoms with Gasteiger partial charge < -0.3 is 39.5 Å². The van der Waals surface area contributed by atoms with E-state index in [9.17, 15) is 30.4 Å². The van der Waals surface area contributed by atoms with Crippen LogP contribution in [0.4, 0.5) is 10.5 Å². The lowest BCUT2D eigenvalue weighted by molar-refractivity contribution is -0.384. The van der Waals surface area contributed by atoms with E-state index in [4.69, 9.17) is 24.2 Å². The summed E-state index contributed by atoms with van der Waals surface area (Å²) in [6.45, 7) is 9.24. The predicted octanol–water partition coefficient (Wildman–Crippen LogP) is 11.9. The van der Waals surface area contributed by atoms with Crippen molar-refractivity contribution in [1.82, 2.24) is 10.2 Å². The summed E-state index contributed by atoms with van der Waals surface area (Å²) in [5, 5.41) is 48.9. The minimum Gasteiger partial charge on any atom is -0.459 e. The highest BCUT2D eigenvalue weighted by Crippen LogP contribution is 2.62. The Morgan fingerprint density at radius 1 is 0.918 bits per heavy atom. The van der Waals surface area contributed by atoms with Crippen LogP contribution in [0.15, 0.2) is 96.2 Å². The molecule has 0 bridgehead atoms. The van der Waals surface area contributed by atoms with Gasteiger partial charge in [-0.3, -0.25) is 14.9 Å². The highest BCUT2D eigenvalue weighted by Gasteiger charge is 2.65. The van der Waals surface area contributed by atoms with Gasteiger partial charge in [0, 0.05) is 61.9 Å². The maximum Gasteiger partial charge on any atom is 0.412 e. The first kappa shape index (κ1) is 56.2. The number of nitrogens with one attached hydrogen (secondary N) is 1. The predicted molar refractivity (Wildman–Crippen MR) is 281 cm³/mol. The molecule has 3 N–H and O–H groups in total. The molecule has 3 aromatic rings. The number of carbonyl (C=O) groups is 2. The molecule has 0 spiro atoms. The van der Waals surface area contributed by atoms with Crippen molar-refractivity contribution in [2.75, 3.05) is 32.9 Å². The molecule has 0 saturated heterocycles. The monoisotopic (exact) mass is 1000 g/mol. The third kappa shape index (κ3) is 14.8. The molecule has 1 saturated carbocycles. The van der Waals surface area contributed by atoms with Gasteiger partial charge in [-0.15, -0.1) is 6.58 Å². The van der Waals surface area contributed by atoms with Crippen molar-refractivity contribution in [1.29, 1.82) is 5.26 Å². The van der Waals surface area contributed by atoms with E-state index in [2.05, 4.69) is 31.0 Å². The molecule has 1 heterocycles. The summed E-state index contributed by atoms with van der Waals surface area (Å²) in [7, 11) is 0. The van der Waals surface area contributed by atoms with E-state index in [1.54, 1.807) is 53.4 Å². The zero-order valence-corrected chi connectivity index (χ0v) is 43.0. The van der Waals surface area contributed by atoms with Crippen molar-refractivity contribution >= 4 is 23.4 Å². The van der Waals surface area contributed by atoms with Gasteiger partial charge in [0.15, 0.2) is 0 Å². The summed E-state index contributed by atoms with van der Waals surface area (Å²) in [5.41, 5.74) is 3.66. The molecule has 0 radical (unpaired) electrons. The summed E-state index contributed by atoms with van der Waals surface area (Å²) in [6, 6.07) is 19.4. The average molecular weight is 1000 g/mol. The number of oxime groups is 1. The number of hydrogen-bond donors (Lipinski definition) is 3. The van der Waals surface area contributed by atoms with Crippen LogP contribution in [-0.4, -0.2) is 82.5 Å². The number of ether oxygens (including phenoxy) is 3. The van der Waals surface area contributed by atoms with E-state index in [0.717, 1.165) is 49.7 Å². The number of fused-ring (bicyclic) bond motifs is 2. The largest absolute Gasteiger partial charge is 0.459 e. The van der Waals surface area contributed by atoms with E-state index < -0.39 is 28.8 Å². The molecule has 6 rings (SSSR count). The topological polar surface area (TPSA) is 206 Å². The molecule has 6 atom stereocenters. The number of aliphatic hydroxyl groups excluding tert-OH is 2. The normalized spacial score (nSPS) is 21.2. The summed E-state index contributed by atoms with van der Waals surface area (Å²) in [4.78, 5) is 47.4. The third-order valence-corrected chi connectivity index (χ3v) is 14.6. The number of aliphatic hydroxyl groups is 2. The standard InChI is InChI=1S/C58H77N5O10/c1-4-7-8-9-10-11-12-13-14-17-32-60-57(67)72-47-30-31-52-50(38-47)54-48(21-16-19-35-65)45(20-15-18-34-64)37-49-51(61-71-41-43-24-28-46(29-25-43)63(68)69)39-53(58(73-52,55(49)54)70-36-6-3)62(33-5-2)56(66)44-26-22-42(40-59)23-27-44/h6,22-31,37-38,45,48,53-55,64-65H,3-5,7-21,32-36,39,41H2,1-2H3,(H,60,67)/t45-,48+,53-,54+,55+,58+/m0/s1. The molecule has 0 aromatic heterocycles. The first-order valence-corrected chi connectivity index (χ1v) is 26.8. The van der Waals surface area contributed by atoms with Crippen LogP contribution in [0.3, 0.4) is 0 Å². The first-order chi connectivity index (χ1) is 35.6. The SMILES string of the molecule is C=CCO[C@@]12Oc3ccc(OC(=O)NCCCCCCCCCCCC)cc3[C@H]3[C@H](CCCCO)[C@@H](CCCCO)C=C(C(=NOCc4ccc([N+](=O)[O-])cc4)C[C@@H]1N(CCC)C(=O)c1ccc(C#N)cc1)[C@H]32. The van der Waals surface area contributed by atoms with Crippen molar-refractivity contribution in [3.8, 4) is 17.6 Å². The van der Waals surface area contributed by atoms with Crippen LogP contribution < -0.4 is 14.8 Å². The Morgan fingerprint density at radius 3 is 2.25 bits per heavy atom. The van der Waals surface area contributed by atoms with Gasteiger partial charge in [-0.2, -0.15) is 5.26 Å². The second-order valence-electron chi connectivity index (χ2n) is 19.7. The zero-order valence-electron chi connectivity index (χ0n) is 43.0. The molecule has 73 heavy (non-hydrogen) atoms. The minimum absolute atomic E-state index is 0.0134. The van der Waals surface area contributed by atoms with Crippen LogP contribution in [0.1, 0.15) is 162 Å². The average Bonchev–Trinajstić information content (AvgIpc) is 3.40. The van der Waals surface area contributed by atoms with Crippen LogP contribution in [0.25, 0.3) is 0 Å². The van der Waals surface area contributed by atoms with E-state index in [1.165, 1.54) is 57.1 Å². The molecule has 3 aromatic carbocycles. The number of benzene rings is 3. The number of rotatable bonds is 31. The number of nitro groups is 1. The van der Waals surface area contributed by atoms with Crippen LogP contribution in [0, 0.1) is 39.2 Å². The van der Waals surface area contributed by atoms with Crippen LogP contribution in [0.5, 0.6) is 11.5 Å². The zero-order chi connectivity index (χ0) is 52.0. The number of nitriles is 1. The first-order valence-electron chi connectivity index (χ1n) is 26.8. The molecule has 1 aliphatic heterocycles. The Kier molecular flexibility index (Phi) is 22.3. The molecule has 1 fully saturated rings. The highest BCUT2D eigenvalue weighted by molar-refractivity contribution is 6.03. The number of amides is 2. The molecule has 2 amide bonds. The van der Waals surface area contributed by atoms with Gasteiger partial charge >= 0.3 is 6.09 Å². The number of hydrogen-bond acceptors (Lipinski definition) is 12. The maximum absolute atomic E-state index is 15.1. The van der Waals surface area contributed by atoms with Gasteiger partial charge in [-0.05, 0) is 116 Å². The van der Waals surface area contributed by atoms with Gasteiger partial charge in [0.1, 0.15) is 24.1 Å². The van der Waals surface area contributed by atoms with Gasteiger partial charge in [0.05, 0.1) is 34.8 Å². The third-order valence-electron chi connectivity index (χ3n) is 14.6. The number of nitrogens with zero attached hydrogens (tertiary/aromatic N) is 4. The summed E-state index contributed by atoms with van der Waals surface area (Å²) >= 11 is 0. The van der Waals surface area contributed by atoms with Gasteiger partial charge in [-0.1, -0.05) is 102 Å². The van der Waals surface area contributed by atoms with Crippen molar-refractivity contribution in [3.05, 3.63) is 123 Å². The molecule has 0 unspecified atom stereocenters. The van der Waals surface area contributed by atoms with E-state index in [1.807, 2.05) is 19.1 Å². The highest BCUT2D eigenvalue weighted by atomic mass is 16.7. The van der Waals surface area contributed by atoms with Crippen LogP contribution >= 0.6 is 0 Å². The molecule has 15 nitrogen and oxygen atoms in total. The molecule has 394 valence electrons. The summed E-state index contributed by atoms with van der Waals surface area (Å²) in [5.74, 6) is -2.01. The second-order valence-corrected chi connectivity index (χ2v) is 19.7. The number of allylic oxidation sites excluding steroid dienone is 1. The van der Waals surface area contributed by atoms with Crippen molar-refractivity contribution in [2.45, 2.75) is 154 Å². The lowest BCUT2D eigenvalue weighted by Gasteiger charge is -2.60.